The molecule has 1 heterocycles. The highest BCUT2D eigenvalue weighted by Crippen LogP contribution is 2.44. The summed E-state index contributed by atoms with van der Waals surface area (Å²) >= 11 is 0. The van der Waals surface area contributed by atoms with Gasteiger partial charge in [0.1, 0.15) is 5.58 Å². The molecule has 0 aliphatic carbocycles. The number of furan rings is 1. The molecule has 2 nitrogen and oxygen atoms in total. The van der Waals surface area contributed by atoms with Gasteiger partial charge >= 0.3 is 0 Å². The first-order valence-electron chi connectivity index (χ1n) is 19.5. The van der Waals surface area contributed by atoms with Gasteiger partial charge in [0.15, 0.2) is 13.7 Å². The lowest BCUT2D eigenvalue weighted by Crippen LogP contribution is -2.74. The molecular weight excluding hydrogens is 707 g/mol. The van der Waals surface area contributed by atoms with E-state index in [2.05, 4.69) is 241 Å². The molecule has 0 spiro atoms. The van der Waals surface area contributed by atoms with Crippen LogP contribution in [0, 0.1) is 0 Å². The van der Waals surface area contributed by atoms with Gasteiger partial charge in [0.05, 0.1) is 5.69 Å². The normalized spacial score (nSPS) is 11.5. The standard InChI is InChI=1S/C54H39NOSi/c1-6-18-40(19-7-1)41-32-34-43(35-33-41)55(52-31-17-30-51-50-29-16-28-49(53(50)56-54(51)52)42-20-8-2-9-21-42)44-36-38-48(39-37-44)57(45-22-10-3-11-23-45,46-24-12-4-13-25-46)47-26-14-5-15-27-47/h1-39H. The van der Waals surface area contributed by atoms with Gasteiger partial charge in [0, 0.05) is 27.7 Å². The van der Waals surface area contributed by atoms with E-state index in [4.69, 9.17) is 4.42 Å². The van der Waals surface area contributed by atoms with E-state index in [9.17, 15) is 0 Å². The van der Waals surface area contributed by atoms with Crippen LogP contribution in [0.25, 0.3) is 44.2 Å². The quantitative estimate of drug-likeness (QED) is 0.108. The van der Waals surface area contributed by atoms with Crippen LogP contribution in [0.15, 0.2) is 241 Å². The van der Waals surface area contributed by atoms with Crippen LogP contribution in [0.1, 0.15) is 0 Å². The second-order valence-electron chi connectivity index (χ2n) is 14.4. The third-order valence-corrected chi connectivity index (χ3v) is 16.0. The maximum Gasteiger partial charge on any atom is 0.179 e. The highest BCUT2D eigenvalue weighted by atomic mass is 28.3. The number of anilines is 3. The zero-order chi connectivity index (χ0) is 38.0. The van der Waals surface area contributed by atoms with Crippen LogP contribution in [0.5, 0.6) is 0 Å². The zero-order valence-corrected chi connectivity index (χ0v) is 32.4. The van der Waals surface area contributed by atoms with E-state index in [-0.39, 0.29) is 0 Å². The SMILES string of the molecule is c1ccc(-c2ccc(N(c3ccc([Si](c4ccccc4)(c4ccccc4)c4ccccc4)cc3)c3cccc4c3oc3c(-c5ccccc5)cccc34)cc2)cc1. The summed E-state index contributed by atoms with van der Waals surface area (Å²) in [4.78, 5) is 2.35. The van der Waals surface area contributed by atoms with E-state index in [0.717, 1.165) is 50.1 Å². The average Bonchev–Trinajstić information content (AvgIpc) is 3.69. The molecule has 0 aliphatic rings. The Bertz CT molecular complexity index is 2810. The summed E-state index contributed by atoms with van der Waals surface area (Å²) in [5, 5.41) is 7.57. The van der Waals surface area contributed by atoms with Gasteiger partial charge in [0.2, 0.25) is 0 Å². The van der Waals surface area contributed by atoms with Crippen molar-refractivity contribution >= 4 is 67.8 Å². The summed E-state index contributed by atoms with van der Waals surface area (Å²) in [5.74, 6) is 0. The summed E-state index contributed by atoms with van der Waals surface area (Å²) in [5.41, 5.74) is 9.43. The van der Waals surface area contributed by atoms with Crippen molar-refractivity contribution in [2.24, 2.45) is 0 Å². The van der Waals surface area contributed by atoms with Crippen LogP contribution in [0.2, 0.25) is 0 Å². The largest absolute Gasteiger partial charge is 0.453 e. The van der Waals surface area contributed by atoms with E-state index in [0.29, 0.717) is 0 Å². The Kier molecular flexibility index (Phi) is 8.90. The molecule has 10 aromatic rings. The first kappa shape index (κ1) is 34.3. The van der Waals surface area contributed by atoms with Crippen molar-refractivity contribution in [1.82, 2.24) is 0 Å². The van der Waals surface area contributed by atoms with Gasteiger partial charge in [-0.15, -0.1) is 0 Å². The first-order valence-corrected chi connectivity index (χ1v) is 21.5. The van der Waals surface area contributed by atoms with Crippen molar-refractivity contribution in [3.8, 4) is 22.3 Å². The lowest BCUT2D eigenvalue weighted by molar-refractivity contribution is 0.670. The van der Waals surface area contributed by atoms with Crippen molar-refractivity contribution in [3.05, 3.63) is 237 Å². The molecule has 0 saturated heterocycles. The molecule has 57 heavy (non-hydrogen) atoms. The highest BCUT2D eigenvalue weighted by molar-refractivity contribution is 7.19. The van der Waals surface area contributed by atoms with Crippen molar-refractivity contribution < 1.29 is 4.42 Å². The highest BCUT2D eigenvalue weighted by Gasteiger charge is 2.41. The molecule has 0 amide bonds. The minimum Gasteiger partial charge on any atom is -0.453 e. The number of fused-ring (bicyclic) bond motifs is 3. The Morgan fingerprint density at radius 2 is 0.702 bits per heavy atom. The van der Waals surface area contributed by atoms with E-state index >= 15 is 0 Å². The van der Waals surface area contributed by atoms with Crippen LogP contribution < -0.4 is 25.6 Å². The first-order chi connectivity index (χ1) is 28.3. The Morgan fingerprint density at radius 1 is 0.298 bits per heavy atom. The zero-order valence-electron chi connectivity index (χ0n) is 31.4. The third-order valence-electron chi connectivity index (χ3n) is 11.2. The fourth-order valence-corrected chi connectivity index (χ4v) is 13.4. The van der Waals surface area contributed by atoms with Gasteiger partial charge in [-0.3, -0.25) is 0 Å². The van der Waals surface area contributed by atoms with Crippen LogP contribution in [0.3, 0.4) is 0 Å². The minimum absolute atomic E-state index is 0.855. The Morgan fingerprint density at radius 3 is 1.23 bits per heavy atom. The maximum atomic E-state index is 7.00. The van der Waals surface area contributed by atoms with Crippen molar-refractivity contribution in [2.45, 2.75) is 0 Å². The number of rotatable bonds is 9. The monoisotopic (exact) mass is 745 g/mol. The maximum absolute atomic E-state index is 7.00. The third kappa shape index (κ3) is 6.06. The molecule has 0 bridgehead atoms. The molecule has 1 aromatic heterocycles. The molecule has 0 atom stereocenters. The lowest BCUT2D eigenvalue weighted by Gasteiger charge is -2.35. The molecule has 0 saturated carbocycles. The van der Waals surface area contributed by atoms with Gasteiger partial charge in [0.25, 0.3) is 0 Å². The lowest BCUT2D eigenvalue weighted by atomic mass is 10.0. The Balaban J connectivity index is 1.18. The van der Waals surface area contributed by atoms with E-state index < -0.39 is 8.07 Å². The van der Waals surface area contributed by atoms with Crippen LogP contribution >= 0.6 is 0 Å². The minimum atomic E-state index is -2.70. The molecule has 270 valence electrons. The van der Waals surface area contributed by atoms with Gasteiger partial charge in [-0.1, -0.05) is 206 Å². The van der Waals surface area contributed by atoms with Crippen molar-refractivity contribution in [2.75, 3.05) is 4.90 Å². The average molecular weight is 746 g/mol. The fourth-order valence-electron chi connectivity index (χ4n) is 8.61. The summed E-state index contributed by atoms with van der Waals surface area (Å²) in [6, 6.07) is 85.5. The van der Waals surface area contributed by atoms with E-state index in [1.165, 1.54) is 31.9 Å². The summed E-state index contributed by atoms with van der Waals surface area (Å²) < 4.78 is 7.00. The molecule has 9 aromatic carbocycles. The molecule has 0 aliphatic heterocycles. The molecule has 10 rings (SSSR count). The topological polar surface area (TPSA) is 16.4 Å². The second kappa shape index (κ2) is 14.8. The number of hydrogen-bond donors (Lipinski definition) is 0. The Hall–Kier alpha value is -7.20. The van der Waals surface area contributed by atoms with Gasteiger partial charge < -0.3 is 9.32 Å². The molecule has 0 radical (unpaired) electrons. The molecule has 0 unspecified atom stereocenters. The van der Waals surface area contributed by atoms with E-state index in [1.54, 1.807) is 0 Å². The summed E-state index contributed by atoms with van der Waals surface area (Å²) in [6.07, 6.45) is 0. The van der Waals surface area contributed by atoms with Crippen LogP contribution in [-0.4, -0.2) is 8.07 Å². The smallest absolute Gasteiger partial charge is 0.179 e. The van der Waals surface area contributed by atoms with Gasteiger partial charge in [-0.25, -0.2) is 0 Å². The summed E-state index contributed by atoms with van der Waals surface area (Å²) in [7, 11) is -2.70. The predicted octanol–water partition coefficient (Wildman–Crippen LogP) is 11.8. The number of nitrogens with zero attached hydrogens (tertiary/aromatic N) is 1. The molecule has 0 N–H and O–H groups in total. The molecule has 0 fully saturated rings. The van der Waals surface area contributed by atoms with Crippen molar-refractivity contribution in [1.29, 1.82) is 0 Å². The fraction of sp³-hybridized carbons (Fsp3) is 0. The summed E-state index contributed by atoms with van der Waals surface area (Å²) in [6.45, 7) is 0. The number of benzene rings is 9. The van der Waals surface area contributed by atoms with Crippen LogP contribution in [-0.2, 0) is 0 Å². The Labute approximate surface area is 334 Å². The molecule has 3 heteroatoms. The van der Waals surface area contributed by atoms with Crippen molar-refractivity contribution in [3.63, 3.8) is 0 Å². The van der Waals surface area contributed by atoms with Crippen LogP contribution in [0.4, 0.5) is 17.1 Å². The second-order valence-corrected chi connectivity index (χ2v) is 18.3. The van der Waals surface area contributed by atoms with Gasteiger partial charge in [-0.05, 0) is 67.8 Å². The van der Waals surface area contributed by atoms with E-state index in [1.807, 2.05) is 0 Å². The number of hydrogen-bond acceptors (Lipinski definition) is 2. The van der Waals surface area contributed by atoms with Gasteiger partial charge in [-0.2, -0.15) is 0 Å². The number of para-hydroxylation sites is 2. The molecular formula is C54H39NOSi. The predicted molar refractivity (Wildman–Crippen MR) is 243 cm³/mol.